The summed E-state index contributed by atoms with van der Waals surface area (Å²) in [5, 5.41) is 8.73. The van der Waals surface area contributed by atoms with Gasteiger partial charge in [-0.15, -0.1) is 0 Å². The minimum absolute atomic E-state index is 0.141. The van der Waals surface area contributed by atoms with E-state index in [9.17, 15) is 8.42 Å². The molecule has 1 aliphatic rings. The number of aromatic amines is 2. The van der Waals surface area contributed by atoms with E-state index in [1.165, 1.54) is 0 Å². The number of nitrogens with one attached hydrogen (secondary N) is 3. The van der Waals surface area contributed by atoms with Gasteiger partial charge in [0, 0.05) is 30.4 Å². The molecule has 0 radical (unpaired) electrons. The average Bonchev–Trinajstić information content (AvgIpc) is 3.42. The number of hydrogen-bond acceptors (Lipinski definition) is 6. The molecule has 0 bridgehead atoms. The van der Waals surface area contributed by atoms with Crippen LogP contribution in [0.4, 0.5) is 11.5 Å². The number of H-pyrrole nitrogens is 2. The van der Waals surface area contributed by atoms with Crippen molar-refractivity contribution in [3.05, 3.63) is 43.0 Å². The second kappa shape index (κ2) is 7.84. The summed E-state index contributed by atoms with van der Waals surface area (Å²) in [5.74, 6) is 1.21. The van der Waals surface area contributed by atoms with Crippen LogP contribution in [0.2, 0.25) is 0 Å². The second-order valence-corrected chi connectivity index (χ2v) is 10.0. The van der Waals surface area contributed by atoms with Crippen LogP contribution in [-0.2, 0) is 10.0 Å². The Morgan fingerprint density at radius 1 is 1.16 bits per heavy atom. The van der Waals surface area contributed by atoms with Crippen LogP contribution >= 0.6 is 0 Å². The fourth-order valence-electron chi connectivity index (χ4n) is 4.55. The molecule has 3 aromatic heterocycles. The third-order valence-corrected chi connectivity index (χ3v) is 7.66. The van der Waals surface area contributed by atoms with Crippen LogP contribution in [0.1, 0.15) is 25.7 Å². The molecule has 1 saturated carbocycles. The standard InChI is InChI=1S/C21H25N7O2S/c1-28(21-18-8-9-22-20(18)23-13-24-21)17-5-2-14(3-6-17)12-31(29,30)27-16-4-7-19-15(10-16)11-25-26-19/h4,7-11,13-14,17,27H,2-3,5-6,12H2,1H3,(H,25,26)(H,22,23,24). The topological polar surface area (TPSA) is 120 Å². The molecule has 5 rings (SSSR count). The number of hydrogen-bond donors (Lipinski definition) is 3. The van der Waals surface area contributed by atoms with Crippen LogP contribution in [0.15, 0.2) is 43.0 Å². The van der Waals surface area contributed by atoms with Crippen LogP contribution in [0.25, 0.3) is 21.9 Å². The summed E-state index contributed by atoms with van der Waals surface area (Å²) in [6.45, 7) is 0. The number of anilines is 2. The van der Waals surface area contributed by atoms with E-state index >= 15 is 0 Å². The molecule has 0 saturated heterocycles. The maximum absolute atomic E-state index is 12.7. The molecule has 162 valence electrons. The van der Waals surface area contributed by atoms with E-state index in [1.807, 2.05) is 18.3 Å². The summed E-state index contributed by atoms with van der Waals surface area (Å²) in [4.78, 5) is 14.1. The van der Waals surface area contributed by atoms with E-state index in [0.29, 0.717) is 11.7 Å². The number of sulfonamides is 1. The van der Waals surface area contributed by atoms with Gasteiger partial charge in [0.2, 0.25) is 10.0 Å². The molecule has 0 aliphatic heterocycles. The van der Waals surface area contributed by atoms with Crippen molar-refractivity contribution >= 4 is 43.5 Å². The van der Waals surface area contributed by atoms with Gasteiger partial charge in [0.25, 0.3) is 0 Å². The molecule has 1 aromatic carbocycles. The quantitative estimate of drug-likeness (QED) is 0.424. The van der Waals surface area contributed by atoms with Crippen LogP contribution in [-0.4, -0.2) is 52.4 Å². The second-order valence-electron chi connectivity index (χ2n) is 8.28. The van der Waals surface area contributed by atoms with E-state index in [0.717, 1.165) is 53.4 Å². The monoisotopic (exact) mass is 439 g/mol. The minimum Gasteiger partial charge on any atom is -0.356 e. The highest BCUT2D eigenvalue weighted by Crippen LogP contribution is 2.32. The Bertz CT molecular complexity index is 1310. The first-order chi connectivity index (χ1) is 15.0. The van der Waals surface area contributed by atoms with Crippen molar-refractivity contribution in [2.75, 3.05) is 22.4 Å². The largest absolute Gasteiger partial charge is 0.356 e. The van der Waals surface area contributed by atoms with Crippen molar-refractivity contribution < 1.29 is 8.42 Å². The van der Waals surface area contributed by atoms with Crippen LogP contribution in [0.5, 0.6) is 0 Å². The molecule has 9 nitrogen and oxygen atoms in total. The van der Waals surface area contributed by atoms with Gasteiger partial charge in [0.05, 0.1) is 22.9 Å². The molecule has 0 unspecified atom stereocenters. The molecule has 10 heteroatoms. The summed E-state index contributed by atoms with van der Waals surface area (Å²) in [6, 6.07) is 7.71. The molecule has 31 heavy (non-hydrogen) atoms. The minimum atomic E-state index is -3.42. The Morgan fingerprint density at radius 3 is 2.84 bits per heavy atom. The van der Waals surface area contributed by atoms with Gasteiger partial charge in [-0.05, 0) is 55.9 Å². The summed E-state index contributed by atoms with van der Waals surface area (Å²) >= 11 is 0. The highest BCUT2D eigenvalue weighted by atomic mass is 32.2. The number of rotatable bonds is 6. The van der Waals surface area contributed by atoms with Crippen molar-refractivity contribution in [2.24, 2.45) is 5.92 Å². The zero-order valence-corrected chi connectivity index (χ0v) is 18.1. The number of benzene rings is 1. The number of nitrogens with zero attached hydrogens (tertiary/aromatic N) is 4. The molecule has 4 aromatic rings. The third kappa shape index (κ3) is 4.07. The molecule has 0 spiro atoms. The van der Waals surface area contributed by atoms with Crippen molar-refractivity contribution in [1.82, 2.24) is 25.1 Å². The fraction of sp³-hybridized carbons (Fsp3) is 0.381. The summed E-state index contributed by atoms with van der Waals surface area (Å²) in [6.07, 6.45) is 8.76. The summed E-state index contributed by atoms with van der Waals surface area (Å²) in [7, 11) is -1.36. The fourth-order valence-corrected chi connectivity index (χ4v) is 6.07. The molecular weight excluding hydrogens is 414 g/mol. The van der Waals surface area contributed by atoms with Crippen LogP contribution < -0.4 is 9.62 Å². The summed E-state index contributed by atoms with van der Waals surface area (Å²) in [5.41, 5.74) is 2.28. The van der Waals surface area contributed by atoms with Crippen molar-refractivity contribution in [3.63, 3.8) is 0 Å². The van der Waals surface area contributed by atoms with Gasteiger partial charge in [-0.2, -0.15) is 5.10 Å². The number of fused-ring (bicyclic) bond motifs is 2. The molecular formula is C21H25N7O2S. The van der Waals surface area contributed by atoms with Crippen molar-refractivity contribution in [2.45, 2.75) is 31.7 Å². The van der Waals surface area contributed by atoms with Gasteiger partial charge in [-0.3, -0.25) is 9.82 Å². The van der Waals surface area contributed by atoms with Gasteiger partial charge in [-0.25, -0.2) is 18.4 Å². The normalized spacial score (nSPS) is 19.6. The molecule has 0 atom stereocenters. The van der Waals surface area contributed by atoms with Crippen molar-refractivity contribution in [3.8, 4) is 0 Å². The predicted molar refractivity (Wildman–Crippen MR) is 122 cm³/mol. The Labute approximate surface area is 180 Å². The van der Waals surface area contributed by atoms with Gasteiger partial charge < -0.3 is 9.88 Å². The lowest BCUT2D eigenvalue weighted by Gasteiger charge is -2.35. The van der Waals surface area contributed by atoms with E-state index in [4.69, 9.17) is 0 Å². The molecule has 3 heterocycles. The lowest BCUT2D eigenvalue weighted by atomic mass is 9.86. The Balaban J connectivity index is 1.20. The Kier molecular flexibility index (Phi) is 5.01. The molecule has 3 N–H and O–H groups in total. The Hall–Kier alpha value is -3.14. The third-order valence-electron chi connectivity index (χ3n) is 6.20. The maximum atomic E-state index is 12.7. The maximum Gasteiger partial charge on any atom is 0.232 e. The van der Waals surface area contributed by atoms with Gasteiger partial charge in [0.15, 0.2) is 0 Å². The lowest BCUT2D eigenvalue weighted by Crippen LogP contribution is -2.37. The van der Waals surface area contributed by atoms with Gasteiger partial charge in [0.1, 0.15) is 17.8 Å². The van der Waals surface area contributed by atoms with Crippen molar-refractivity contribution in [1.29, 1.82) is 0 Å². The van der Waals surface area contributed by atoms with E-state index < -0.39 is 10.0 Å². The molecule has 1 aliphatic carbocycles. The van der Waals surface area contributed by atoms with E-state index in [1.54, 1.807) is 24.7 Å². The molecule has 1 fully saturated rings. The van der Waals surface area contributed by atoms with E-state index in [2.05, 4.69) is 41.8 Å². The summed E-state index contributed by atoms with van der Waals surface area (Å²) < 4.78 is 28.2. The zero-order valence-electron chi connectivity index (χ0n) is 17.2. The first kappa shape index (κ1) is 19.8. The predicted octanol–water partition coefficient (Wildman–Crippen LogP) is 3.27. The SMILES string of the molecule is CN(c1ncnc2[nH]ccc12)C1CCC(CS(=O)(=O)Nc2ccc3[nH]ncc3c2)CC1. The molecule has 0 amide bonds. The Morgan fingerprint density at radius 2 is 2.00 bits per heavy atom. The van der Waals surface area contributed by atoms with Crippen LogP contribution in [0.3, 0.4) is 0 Å². The average molecular weight is 440 g/mol. The first-order valence-corrected chi connectivity index (χ1v) is 12.1. The smallest absolute Gasteiger partial charge is 0.232 e. The van der Waals surface area contributed by atoms with Gasteiger partial charge >= 0.3 is 0 Å². The number of aromatic nitrogens is 5. The zero-order chi connectivity index (χ0) is 21.4. The first-order valence-electron chi connectivity index (χ1n) is 10.4. The highest BCUT2D eigenvalue weighted by molar-refractivity contribution is 7.92. The van der Waals surface area contributed by atoms with Gasteiger partial charge in [-0.1, -0.05) is 0 Å². The lowest BCUT2D eigenvalue weighted by molar-refractivity contribution is 0.341. The highest BCUT2D eigenvalue weighted by Gasteiger charge is 2.28. The van der Waals surface area contributed by atoms with E-state index in [-0.39, 0.29) is 11.7 Å². The van der Waals surface area contributed by atoms with Crippen LogP contribution in [0, 0.1) is 5.92 Å².